The van der Waals surface area contributed by atoms with Gasteiger partial charge in [-0.3, -0.25) is 9.59 Å². The van der Waals surface area contributed by atoms with Crippen LogP contribution in [0.2, 0.25) is 0 Å². The number of rotatable bonds is 7. The maximum Gasteiger partial charge on any atom is 0.303 e. The molecule has 1 unspecified atom stereocenters. The normalized spacial score (nSPS) is 13.2. The van der Waals surface area contributed by atoms with Crippen LogP contribution in [0.15, 0.2) is 0 Å². The Morgan fingerprint density at radius 1 is 1.25 bits per heavy atom. The second kappa shape index (κ2) is 6.51. The summed E-state index contributed by atoms with van der Waals surface area (Å²) in [5, 5.41) is 11.6. The summed E-state index contributed by atoms with van der Waals surface area (Å²) in [6.45, 7) is 7.85. The van der Waals surface area contributed by atoms with E-state index in [9.17, 15) is 9.59 Å². The zero-order valence-electron chi connectivity index (χ0n) is 10.7. The molecule has 0 aromatic rings. The molecular formula is C12H23NO3. The van der Waals surface area contributed by atoms with E-state index in [0.29, 0.717) is 0 Å². The predicted molar refractivity (Wildman–Crippen MR) is 63.2 cm³/mol. The first-order chi connectivity index (χ1) is 7.33. The molecule has 0 spiro atoms. The Morgan fingerprint density at radius 2 is 1.75 bits per heavy atom. The van der Waals surface area contributed by atoms with Crippen LogP contribution in [0, 0.1) is 5.92 Å². The van der Waals surface area contributed by atoms with Crippen LogP contribution in [0.5, 0.6) is 0 Å². The number of carbonyl (C=O) groups is 2. The van der Waals surface area contributed by atoms with Crippen molar-refractivity contribution in [2.75, 3.05) is 0 Å². The molecule has 2 N–H and O–H groups in total. The van der Waals surface area contributed by atoms with Crippen molar-refractivity contribution in [1.29, 1.82) is 0 Å². The minimum atomic E-state index is -0.853. The van der Waals surface area contributed by atoms with Gasteiger partial charge < -0.3 is 10.4 Å². The summed E-state index contributed by atoms with van der Waals surface area (Å²) in [5.41, 5.74) is -0.167. The summed E-state index contributed by atoms with van der Waals surface area (Å²) in [7, 11) is 0. The lowest BCUT2D eigenvalue weighted by molar-refractivity contribution is -0.138. The van der Waals surface area contributed by atoms with E-state index in [-0.39, 0.29) is 30.2 Å². The highest BCUT2D eigenvalue weighted by atomic mass is 16.4. The summed E-state index contributed by atoms with van der Waals surface area (Å²) < 4.78 is 0. The minimum absolute atomic E-state index is 0.0440. The molecule has 0 saturated carbocycles. The van der Waals surface area contributed by atoms with Gasteiger partial charge in [0.05, 0.1) is 0 Å². The number of carboxylic acids is 1. The maximum atomic E-state index is 11.7. The van der Waals surface area contributed by atoms with E-state index < -0.39 is 5.97 Å². The minimum Gasteiger partial charge on any atom is -0.481 e. The van der Waals surface area contributed by atoms with Crippen LogP contribution in [0.25, 0.3) is 0 Å². The van der Waals surface area contributed by atoms with Gasteiger partial charge in [0.25, 0.3) is 0 Å². The van der Waals surface area contributed by atoms with Crippen LogP contribution in [0.3, 0.4) is 0 Å². The van der Waals surface area contributed by atoms with Crippen molar-refractivity contribution in [3.8, 4) is 0 Å². The smallest absolute Gasteiger partial charge is 0.303 e. The van der Waals surface area contributed by atoms with Crippen LogP contribution >= 0.6 is 0 Å². The van der Waals surface area contributed by atoms with Crippen molar-refractivity contribution in [2.45, 2.75) is 58.9 Å². The fraction of sp³-hybridized carbons (Fsp3) is 0.833. The van der Waals surface area contributed by atoms with E-state index in [1.54, 1.807) is 6.92 Å². The molecule has 0 aromatic carbocycles. The van der Waals surface area contributed by atoms with Gasteiger partial charge in [-0.15, -0.1) is 0 Å². The number of hydrogen-bond donors (Lipinski definition) is 2. The van der Waals surface area contributed by atoms with Crippen molar-refractivity contribution in [3.63, 3.8) is 0 Å². The Morgan fingerprint density at radius 3 is 2.12 bits per heavy atom. The average molecular weight is 229 g/mol. The number of nitrogens with one attached hydrogen (secondary N) is 1. The molecule has 0 fully saturated rings. The van der Waals surface area contributed by atoms with Crippen molar-refractivity contribution in [3.05, 3.63) is 0 Å². The van der Waals surface area contributed by atoms with Crippen molar-refractivity contribution < 1.29 is 14.7 Å². The monoisotopic (exact) mass is 229 g/mol. The summed E-state index contributed by atoms with van der Waals surface area (Å²) in [6, 6.07) is 0. The highest BCUT2D eigenvalue weighted by Gasteiger charge is 2.23. The van der Waals surface area contributed by atoms with Gasteiger partial charge in [-0.2, -0.15) is 0 Å². The molecule has 0 aromatic heterocycles. The number of aliphatic carboxylic acids is 1. The Balaban J connectivity index is 4.12. The van der Waals surface area contributed by atoms with Crippen LogP contribution in [0.4, 0.5) is 0 Å². The fourth-order valence-corrected chi connectivity index (χ4v) is 1.50. The van der Waals surface area contributed by atoms with E-state index in [1.807, 2.05) is 20.8 Å². The third-order valence-corrected chi connectivity index (χ3v) is 3.06. The molecule has 4 nitrogen and oxygen atoms in total. The second-order valence-corrected chi connectivity index (χ2v) is 4.72. The van der Waals surface area contributed by atoms with E-state index in [4.69, 9.17) is 5.11 Å². The summed E-state index contributed by atoms with van der Waals surface area (Å²) >= 11 is 0. The van der Waals surface area contributed by atoms with E-state index in [0.717, 1.165) is 12.8 Å². The molecule has 0 saturated heterocycles. The summed E-state index contributed by atoms with van der Waals surface area (Å²) in [5.74, 6) is -1.02. The lowest BCUT2D eigenvalue weighted by atomic mass is 9.94. The van der Waals surface area contributed by atoms with Gasteiger partial charge in [0.15, 0.2) is 0 Å². The molecule has 1 atom stereocenters. The zero-order chi connectivity index (χ0) is 12.8. The molecular weight excluding hydrogens is 206 g/mol. The van der Waals surface area contributed by atoms with Crippen LogP contribution in [-0.4, -0.2) is 22.5 Å². The van der Waals surface area contributed by atoms with Crippen molar-refractivity contribution in [2.24, 2.45) is 5.92 Å². The molecule has 0 heterocycles. The van der Waals surface area contributed by atoms with Crippen molar-refractivity contribution in [1.82, 2.24) is 5.32 Å². The predicted octanol–water partition coefficient (Wildman–Crippen LogP) is 2.18. The fourth-order valence-electron chi connectivity index (χ4n) is 1.50. The third kappa shape index (κ3) is 5.73. The standard InChI is InChI=1S/C12H23NO3/c1-5-12(4,6-2)13-10(14)7-9(3)8-11(15)16/h9H,5-8H2,1-4H3,(H,13,14)(H,15,16). The lowest BCUT2D eigenvalue weighted by Crippen LogP contribution is -2.45. The Hall–Kier alpha value is -1.06. The van der Waals surface area contributed by atoms with E-state index in [2.05, 4.69) is 5.32 Å². The Labute approximate surface area is 97.4 Å². The molecule has 0 radical (unpaired) electrons. The van der Waals surface area contributed by atoms with Gasteiger partial charge in [-0.05, 0) is 25.7 Å². The maximum absolute atomic E-state index is 11.7. The first kappa shape index (κ1) is 14.9. The molecule has 0 aliphatic heterocycles. The van der Waals surface area contributed by atoms with Gasteiger partial charge in [0.1, 0.15) is 0 Å². The molecule has 0 aliphatic carbocycles. The first-order valence-corrected chi connectivity index (χ1v) is 5.85. The topological polar surface area (TPSA) is 66.4 Å². The molecule has 0 rings (SSSR count). The third-order valence-electron chi connectivity index (χ3n) is 3.06. The average Bonchev–Trinajstić information content (AvgIpc) is 2.15. The van der Waals surface area contributed by atoms with Crippen LogP contribution in [0.1, 0.15) is 53.4 Å². The first-order valence-electron chi connectivity index (χ1n) is 5.85. The van der Waals surface area contributed by atoms with Crippen LogP contribution in [-0.2, 0) is 9.59 Å². The molecule has 1 amide bonds. The molecule has 0 aliphatic rings. The largest absolute Gasteiger partial charge is 0.481 e. The molecule has 16 heavy (non-hydrogen) atoms. The molecule has 94 valence electrons. The van der Waals surface area contributed by atoms with Gasteiger partial charge in [-0.1, -0.05) is 20.8 Å². The quantitative estimate of drug-likeness (QED) is 0.703. The molecule has 4 heteroatoms. The zero-order valence-corrected chi connectivity index (χ0v) is 10.7. The lowest BCUT2D eigenvalue weighted by Gasteiger charge is -2.28. The van der Waals surface area contributed by atoms with Gasteiger partial charge in [0, 0.05) is 18.4 Å². The SMILES string of the molecule is CCC(C)(CC)NC(=O)CC(C)CC(=O)O. The van der Waals surface area contributed by atoms with Crippen molar-refractivity contribution >= 4 is 11.9 Å². The second-order valence-electron chi connectivity index (χ2n) is 4.72. The summed E-state index contributed by atoms with van der Waals surface area (Å²) in [4.78, 5) is 22.1. The Kier molecular flexibility index (Phi) is 6.08. The van der Waals surface area contributed by atoms with Gasteiger partial charge >= 0.3 is 5.97 Å². The highest BCUT2D eigenvalue weighted by molar-refractivity contribution is 5.77. The number of carboxylic acid groups (broad SMARTS) is 1. The Bertz CT molecular complexity index is 247. The van der Waals surface area contributed by atoms with E-state index in [1.165, 1.54) is 0 Å². The summed E-state index contributed by atoms with van der Waals surface area (Å²) in [6.07, 6.45) is 2.08. The number of carbonyl (C=O) groups excluding carboxylic acids is 1. The van der Waals surface area contributed by atoms with E-state index >= 15 is 0 Å². The van der Waals surface area contributed by atoms with Gasteiger partial charge in [-0.25, -0.2) is 0 Å². The van der Waals surface area contributed by atoms with Crippen LogP contribution < -0.4 is 5.32 Å². The van der Waals surface area contributed by atoms with Gasteiger partial charge in [0.2, 0.25) is 5.91 Å². The molecule has 0 bridgehead atoms. The number of hydrogen-bond acceptors (Lipinski definition) is 2. The highest BCUT2D eigenvalue weighted by Crippen LogP contribution is 2.15. The number of amides is 1.